The normalized spacial score (nSPS) is 18.7. The van der Waals surface area contributed by atoms with Crippen LogP contribution in [0.15, 0.2) is 36.4 Å². The Kier molecular flexibility index (Phi) is 25.0. The zero-order valence-corrected chi connectivity index (χ0v) is 37.3. The van der Waals surface area contributed by atoms with Crippen LogP contribution in [0.3, 0.4) is 0 Å². The fourth-order valence-electron chi connectivity index (χ4n) is 9.64. The Morgan fingerprint density at radius 1 is 0.596 bits per heavy atom. The van der Waals surface area contributed by atoms with E-state index in [2.05, 4.69) is 27.7 Å². The van der Waals surface area contributed by atoms with Gasteiger partial charge in [-0.15, -0.1) is 0 Å². The highest BCUT2D eigenvalue weighted by Crippen LogP contribution is 2.48. The molecule has 6 nitrogen and oxygen atoms in total. The fourth-order valence-corrected chi connectivity index (χ4v) is 9.64. The van der Waals surface area contributed by atoms with Crippen LogP contribution in [-0.2, 0) is 4.79 Å². The number of hydrogen-bond acceptors (Lipinski definition) is 6. The maximum Gasteiger partial charge on any atom is 0.311 e. The number of esters is 1. The summed E-state index contributed by atoms with van der Waals surface area (Å²) in [5.74, 6) is 5.19. The quantitative estimate of drug-likeness (QED) is 0.0294. The molecule has 0 spiro atoms. The van der Waals surface area contributed by atoms with E-state index in [0.29, 0.717) is 41.8 Å². The molecule has 3 rings (SSSR count). The van der Waals surface area contributed by atoms with Crippen molar-refractivity contribution < 1.29 is 14.3 Å². The monoisotopic (exact) mass is 790 g/mol. The van der Waals surface area contributed by atoms with Gasteiger partial charge in [-0.05, 0) is 110 Å². The average Bonchev–Trinajstić information content (AvgIpc) is 3.20. The Labute approximate surface area is 350 Å². The van der Waals surface area contributed by atoms with E-state index in [1.165, 1.54) is 153 Å². The number of unbranched alkanes of at least 4 members (excludes halogenated alkanes) is 16. The van der Waals surface area contributed by atoms with Crippen molar-refractivity contribution in [1.29, 1.82) is 0 Å². The van der Waals surface area contributed by atoms with Crippen LogP contribution >= 0.6 is 0 Å². The van der Waals surface area contributed by atoms with Crippen LogP contribution in [0.2, 0.25) is 0 Å². The molecular weight excluding hydrogens is 703 g/mol. The van der Waals surface area contributed by atoms with Crippen molar-refractivity contribution in [3.63, 3.8) is 0 Å². The predicted molar refractivity (Wildman–Crippen MR) is 246 cm³/mol. The number of anilines is 3. The minimum absolute atomic E-state index is 0.165. The van der Waals surface area contributed by atoms with Gasteiger partial charge in [0, 0.05) is 12.1 Å². The lowest BCUT2D eigenvalue weighted by atomic mass is 9.61. The summed E-state index contributed by atoms with van der Waals surface area (Å²) in [6, 6.07) is 11.4. The van der Waals surface area contributed by atoms with Gasteiger partial charge in [-0.2, -0.15) is 0 Å². The lowest BCUT2D eigenvalue weighted by molar-refractivity contribution is -0.134. The Morgan fingerprint density at radius 3 is 1.67 bits per heavy atom. The molecule has 57 heavy (non-hydrogen) atoms. The van der Waals surface area contributed by atoms with E-state index in [-0.39, 0.29) is 5.97 Å². The lowest BCUT2D eigenvalue weighted by Crippen LogP contribution is -2.35. The number of nitrogen functional groups attached to an aromatic ring is 3. The van der Waals surface area contributed by atoms with Crippen molar-refractivity contribution in [2.24, 2.45) is 23.7 Å². The van der Waals surface area contributed by atoms with Crippen molar-refractivity contribution in [2.45, 2.75) is 213 Å². The molecule has 0 saturated heterocycles. The molecule has 2 aromatic rings. The second-order valence-corrected chi connectivity index (χ2v) is 17.9. The summed E-state index contributed by atoms with van der Waals surface area (Å²) < 4.78 is 11.6. The van der Waals surface area contributed by atoms with Crippen molar-refractivity contribution in [3.05, 3.63) is 42.0 Å². The first-order valence-electron chi connectivity index (χ1n) is 24.1. The second kappa shape index (κ2) is 29.3. The number of benzene rings is 2. The highest BCUT2D eigenvalue weighted by molar-refractivity contribution is 5.74. The molecule has 0 amide bonds. The van der Waals surface area contributed by atoms with Crippen LogP contribution in [-0.4, -0.2) is 12.6 Å². The number of ether oxygens (including phenoxy) is 2. The SMILES string of the molecule is CCCCCCCCC1C(CCCCC)CCC(CCCCCCCC(=O)Oc2ccc(C(C)CC)cc2N)C1CCCCCCCCOc1ccc(N)cc1N. The lowest BCUT2D eigenvalue weighted by Gasteiger charge is -2.44. The Balaban J connectivity index is 1.44. The van der Waals surface area contributed by atoms with Gasteiger partial charge in [-0.1, -0.05) is 162 Å². The van der Waals surface area contributed by atoms with E-state index in [0.717, 1.165) is 55.1 Å². The van der Waals surface area contributed by atoms with Gasteiger partial charge in [-0.25, -0.2) is 0 Å². The number of hydrogen-bond donors (Lipinski definition) is 3. The predicted octanol–water partition coefficient (Wildman–Crippen LogP) is 15.0. The Morgan fingerprint density at radius 2 is 1.09 bits per heavy atom. The zero-order chi connectivity index (χ0) is 41.1. The van der Waals surface area contributed by atoms with E-state index < -0.39 is 0 Å². The molecule has 0 radical (unpaired) electrons. The zero-order valence-electron chi connectivity index (χ0n) is 37.3. The third-order valence-corrected chi connectivity index (χ3v) is 13.4. The summed E-state index contributed by atoms with van der Waals surface area (Å²) in [6.45, 7) is 9.76. The van der Waals surface area contributed by atoms with Gasteiger partial charge >= 0.3 is 5.97 Å². The Bertz CT molecular complexity index is 1350. The molecule has 2 aromatic carbocycles. The number of carbonyl (C=O) groups excluding carboxylic acids is 1. The molecule has 1 aliphatic carbocycles. The largest absolute Gasteiger partial charge is 0.491 e. The standard InChI is InChI=1S/C51H87N3O3/c1-5-8-10-11-16-22-28-45-41(26-20-9-6-2)31-32-42(46(45)29-23-17-12-13-19-25-37-56-49-36-34-44(52)39-48(49)54)27-21-15-14-18-24-30-51(55)57-50-35-33-43(38-47(50)53)40(4)7-3/h33-36,38-42,45-46H,5-32,37,52-54H2,1-4H3. The first-order valence-corrected chi connectivity index (χ1v) is 24.1. The van der Waals surface area contributed by atoms with Gasteiger partial charge in [0.2, 0.25) is 0 Å². The number of rotatable bonds is 32. The molecule has 324 valence electrons. The van der Waals surface area contributed by atoms with Crippen LogP contribution in [0.1, 0.15) is 219 Å². The van der Waals surface area contributed by atoms with Crippen molar-refractivity contribution in [3.8, 4) is 11.5 Å². The highest BCUT2D eigenvalue weighted by atomic mass is 16.5. The molecule has 1 aliphatic rings. The minimum Gasteiger partial charge on any atom is -0.491 e. The number of carbonyl (C=O) groups is 1. The molecule has 0 bridgehead atoms. The molecule has 5 unspecified atom stereocenters. The highest BCUT2D eigenvalue weighted by Gasteiger charge is 2.37. The van der Waals surface area contributed by atoms with Crippen LogP contribution in [0, 0.1) is 23.7 Å². The Hall–Kier alpha value is -2.89. The van der Waals surface area contributed by atoms with Gasteiger partial charge in [0.1, 0.15) is 5.75 Å². The number of nitrogens with two attached hydrogens (primary N) is 3. The minimum atomic E-state index is -0.165. The van der Waals surface area contributed by atoms with E-state index in [1.807, 2.05) is 30.3 Å². The van der Waals surface area contributed by atoms with Crippen molar-refractivity contribution >= 4 is 23.0 Å². The molecule has 0 heterocycles. The third-order valence-electron chi connectivity index (χ3n) is 13.4. The molecule has 5 atom stereocenters. The van der Waals surface area contributed by atoms with Crippen LogP contribution in [0.4, 0.5) is 17.1 Å². The van der Waals surface area contributed by atoms with Crippen molar-refractivity contribution in [2.75, 3.05) is 23.8 Å². The van der Waals surface area contributed by atoms with E-state index in [1.54, 1.807) is 6.07 Å². The van der Waals surface area contributed by atoms with Gasteiger partial charge in [0.05, 0.1) is 18.0 Å². The van der Waals surface area contributed by atoms with Gasteiger partial charge in [-0.3, -0.25) is 4.79 Å². The van der Waals surface area contributed by atoms with E-state index >= 15 is 0 Å². The van der Waals surface area contributed by atoms with E-state index in [9.17, 15) is 4.79 Å². The topological polar surface area (TPSA) is 114 Å². The summed E-state index contributed by atoms with van der Waals surface area (Å²) >= 11 is 0. The van der Waals surface area contributed by atoms with Crippen LogP contribution in [0.5, 0.6) is 11.5 Å². The van der Waals surface area contributed by atoms with Crippen LogP contribution < -0.4 is 26.7 Å². The summed E-state index contributed by atoms with van der Waals surface area (Å²) in [5, 5.41) is 0. The van der Waals surface area contributed by atoms with Gasteiger partial charge in [0.25, 0.3) is 0 Å². The summed E-state index contributed by atoms with van der Waals surface area (Å²) in [5.41, 5.74) is 21.2. The summed E-state index contributed by atoms with van der Waals surface area (Å²) in [4.78, 5) is 12.6. The first-order chi connectivity index (χ1) is 27.8. The smallest absolute Gasteiger partial charge is 0.311 e. The maximum atomic E-state index is 12.6. The van der Waals surface area contributed by atoms with Crippen LogP contribution in [0.25, 0.3) is 0 Å². The van der Waals surface area contributed by atoms with Crippen molar-refractivity contribution in [1.82, 2.24) is 0 Å². The third kappa shape index (κ3) is 19.2. The first kappa shape index (κ1) is 48.5. The molecule has 0 aliphatic heterocycles. The maximum absolute atomic E-state index is 12.6. The summed E-state index contributed by atoms with van der Waals surface area (Å²) in [6.07, 6.45) is 36.2. The average molecular weight is 790 g/mol. The molecule has 6 heteroatoms. The molecular formula is C51H87N3O3. The van der Waals surface area contributed by atoms with E-state index in [4.69, 9.17) is 26.7 Å². The molecule has 1 saturated carbocycles. The molecule has 6 N–H and O–H groups in total. The second-order valence-electron chi connectivity index (χ2n) is 17.9. The van der Waals surface area contributed by atoms with Gasteiger partial charge in [0.15, 0.2) is 5.75 Å². The molecule has 0 aromatic heterocycles. The molecule has 1 fully saturated rings. The summed E-state index contributed by atoms with van der Waals surface area (Å²) in [7, 11) is 0. The van der Waals surface area contributed by atoms with Gasteiger partial charge < -0.3 is 26.7 Å². The fraction of sp³-hybridized carbons (Fsp3) is 0.745.